The van der Waals surface area contributed by atoms with Crippen molar-refractivity contribution in [2.24, 2.45) is 0 Å². The molecule has 2 rings (SSSR count). The van der Waals surface area contributed by atoms with Gasteiger partial charge < -0.3 is 15.2 Å². The molecule has 0 saturated heterocycles. The van der Waals surface area contributed by atoms with Crippen molar-refractivity contribution in [3.8, 4) is 5.75 Å². The van der Waals surface area contributed by atoms with Gasteiger partial charge in [-0.1, -0.05) is 12.1 Å². The van der Waals surface area contributed by atoms with E-state index in [0.29, 0.717) is 6.54 Å². The number of aliphatic hydroxyl groups is 1. The molecule has 1 aromatic carbocycles. The highest BCUT2D eigenvalue weighted by Gasteiger charge is 2.08. The molecule has 102 valence electrons. The lowest BCUT2D eigenvalue weighted by molar-refractivity contribution is 0.174. The van der Waals surface area contributed by atoms with Gasteiger partial charge in [-0.05, 0) is 46.5 Å². The van der Waals surface area contributed by atoms with Crippen LogP contribution in [0.5, 0.6) is 5.75 Å². The van der Waals surface area contributed by atoms with Crippen LogP contribution in [0.15, 0.2) is 35.0 Å². The summed E-state index contributed by atoms with van der Waals surface area (Å²) in [6.45, 7) is 3.42. The molecule has 1 heterocycles. The Hall–Kier alpha value is -1.36. The fourth-order valence-corrected chi connectivity index (χ4v) is 2.74. The van der Waals surface area contributed by atoms with E-state index in [0.717, 1.165) is 17.9 Å². The molecule has 0 spiro atoms. The molecule has 0 aliphatic heterocycles. The molecular weight excluding hydrogens is 258 g/mol. The van der Waals surface area contributed by atoms with Crippen LogP contribution in [0.2, 0.25) is 0 Å². The van der Waals surface area contributed by atoms with E-state index in [1.165, 1.54) is 11.1 Å². The quantitative estimate of drug-likeness (QED) is 0.853. The summed E-state index contributed by atoms with van der Waals surface area (Å²) in [6.07, 6.45) is -0.519. The van der Waals surface area contributed by atoms with Crippen LogP contribution in [0, 0.1) is 6.92 Å². The molecule has 0 saturated carbocycles. The molecule has 4 heteroatoms. The second kappa shape index (κ2) is 6.70. The summed E-state index contributed by atoms with van der Waals surface area (Å²) in [5, 5.41) is 17.7. The molecule has 1 atom stereocenters. The minimum Gasteiger partial charge on any atom is -0.497 e. The normalized spacial score (nSPS) is 12.4. The highest BCUT2D eigenvalue weighted by molar-refractivity contribution is 7.08. The average Bonchev–Trinajstić information content (AvgIpc) is 2.84. The Morgan fingerprint density at radius 3 is 2.89 bits per heavy atom. The van der Waals surface area contributed by atoms with Gasteiger partial charge in [-0.2, -0.15) is 11.3 Å². The molecule has 19 heavy (non-hydrogen) atoms. The van der Waals surface area contributed by atoms with Gasteiger partial charge in [-0.15, -0.1) is 0 Å². The lowest BCUT2D eigenvalue weighted by Crippen LogP contribution is -2.21. The monoisotopic (exact) mass is 277 g/mol. The van der Waals surface area contributed by atoms with Crippen LogP contribution in [-0.2, 0) is 6.54 Å². The van der Waals surface area contributed by atoms with E-state index in [2.05, 4.69) is 23.0 Å². The second-order valence-corrected chi connectivity index (χ2v) is 5.25. The molecule has 0 fully saturated rings. The predicted octanol–water partition coefficient (Wildman–Crippen LogP) is 2.89. The Balaban J connectivity index is 1.87. The fraction of sp³-hybridized carbons (Fsp3) is 0.333. The molecule has 0 aliphatic carbocycles. The van der Waals surface area contributed by atoms with E-state index in [1.54, 1.807) is 18.4 Å². The maximum atomic E-state index is 10.1. The molecule has 0 aliphatic rings. The second-order valence-electron chi connectivity index (χ2n) is 4.50. The maximum Gasteiger partial charge on any atom is 0.119 e. The first kappa shape index (κ1) is 14.1. The van der Waals surface area contributed by atoms with Gasteiger partial charge in [0.2, 0.25) is 0 Å². The van der Waals surface area contributed by atoms with E-state index in [9.17, 15) is 5.11 Å². The lowest BCUT2D eigenvalue weighted by Gasteiger charge is -2.13. The van der Waals surface area contributed by atoms with E-state index in [1.807, 2.05) is 24.3 Å². The molecule has 0 bridgehead atoms. The minimum atomic E-state index is -0.519. The van der Waals surface area contributed by atoms with Crippen molar-refractivity contribution in [1.82, 2.24) is 5.32 Å². The Bertz CT molecular complexity index is 524. The van der Waals surface area contributed by atoms with Crippen molar-refractivity contribution in [2.45, 2.75) is 19.6 Å². The van der Waals surface area contributed by atoms with Crippen molar-refractivity contribution in [1.29, 1.82) is 0 Å². The van der Waals surface area contributed by atoms with Gasteiger partial charge in [0.1, 0.15) is 5.75 Å². The highest BCUT2D eigenvalue weighted by atomic mass is 32.1. The van der Waals surface area contributed by atoms with Gasteiger partial charge in [-0.3, -0.25) is 0 Å². The third-order valence-electron chi connectivity index (χ3n) is 3.09. The summed E-state index contributed by atoms with van der Waals surface area (Å²) in [5.74, 6) is 0.769. The first-order valence-corrected chi connectivity index (χ1v) is 7.19. The van der Waals surface area contributed by atoms with Crippen LogP contribution in [0.4, 0.5) is 0 Å². The third kappa shape index (κ3) is 3.80. The predicted molar refractivity (Wildman–Crippen MR) is 78.7 cm³/mol. The van der Waals surface area contributed by atoms with E-state index >= 15 is 0 Å². The molecule has 1 aromatic heterocycles. The van der Waals surface area contributed by atoms with E-state index in [-0.39, 0.29) is 0 Å². The van der Waals surface area contributed by atoms with Gasteiger partial charge >= 0.3 is 0 Å². The van der Waals surface area contributed by atoms with Crippen molar-refractivity contribution >= 4 is 11.3 Å². The first-order chi connectivity index (χ1) is 9.20. The van der Waals surface area contributed by atoms with Crippen molar-refractivity contribution in [3.63, 3.8) is 0 Å². The summed E-state index contributed by atoms with van der Waals surface area (Å²) in [7, 11) is 1.63. The van der Waals surface area contributed by atoms with Gasteiger partial charge in [0.05, 0.1) is 13.2 Å². The Kier molecular flexibility index (Phi) is 4.96. The summed E-state index contributed by atoms with van der Waals surface area (Å²) >= 11 is 1.71. The number of aryl methyl sites for hydroxylation is 1. The zero-order chi connectivity index (χ0) is 13.7. The standard InChI is InChI=1S/C15H19NO2S/c1-11-9-19-10-13(11)7-16-8-15(17)12-4-3-5-14(6-12)18-2/h3-6,9-10,15-17H,7-8H2,1-2H3. The lowest BCUT2D eigenvalue weighted by atomic mass is 10.1. The molecule has 0 amide bonds. The number of nitrogens with one attached hydrogen (secondary N) is 1. The number of hydrogen-bond acceptors (Lipinski definition) is 4. The van der Waals surface area contributed by atoms with Gasteiger partial charge in [0.15, 0.2) is 0 Å². The summed E-state index contributed by atoms with van der Waals surface area (Å²) in [6, 6.07) is 7.53. The van der Waals surface area contributed by atoms with Crippen LogP contribution in [0.3, 0.4) is 0 Å². The zero-order valence-electron chi connectivity index (χ0n) is 11.2. The number of aliphatic hydroxyl groups excluding tert-OH is 1. The Morgan fingerprint density at radius 2 is 2.21 bits per heavy atom. The summed E-state index contributed by atoms with van der Waals surface area (Å²) in [5.41, 5.74) is 3.46. The van der Waals surface area contributed by atoms with Crippen LogP contribution in [0.25, 0.3) is 0 Å². The topological polar surface area (TPSA) is 41.5 Å². The minimum absolute atomic E-state index is 0.519. The number of rotatable bonds is 6. The first-order valence-electron chi connectivity index (χ1n) is 6.25. The average molecular weight is 277 g/mol. The number of ether oxygens (including phenoxy) is 1. The summed E-state index contributed by atoms with van der Waals surface area (Å²) in [4.78, 5) is 0. The summed E-state index contributed by atoms with van der Waals surface area (Å²) < 4.78 is 5.15. The third-order valence-corrected chi connectivity index (χ3v) is 4.00. The molecule has 2 aromatic rings. The molecule has 2 N–H and O–H groups in total. The molecular formula is C15H19NO2S. The fourth-order valence-electron chi connectivity index (χ4n) is 1.88. The SMILES string of the molecule is COc1cccc(C(O)CNCc2cscc2C)c1. The van der Waals surface area contributed by atoms with Crippen molar-refractivity contribution in [2.75, 3.05) is 13.7 Å². The van der Waals surface area contributed by atoms with Gasteiger partial charge in [-0.25, -0.2) is 0 Å². The molecule has 3 nitrogen and oxygen atoms in total. The maximum absolute atomic E-state index is 10.1. The van der Waals surface area contributed by atoms with Crippen molar-refractivity contribution in [3.05, 3.63) is 51.7 Å². The van der Waals surface area contributed by atoms with Crippen LogP contribution in [0.1, 0.15) is 22.8 Å². The molecule has 0 radical (unpaired) electrons. The smallest absolute Gasteiger partial charge is 0.119 e. The zero-order valence-corrected chi connectivity index (χ0v) is 12.0. The van der Waals surface area contributed by atoms with Crippen LogP contribution >= 0.6 is 11.3 Å². The van der Waals surface area contributed by atoms with Crippen molar-refractivity contribution < 1.29 is 9.84 Å². The number of thiophene rings is 1. The largest absolute Gasteiger partial charge is 0.497 e. The van der Waals surface area contributed by atoms with E-state index in [4.69, 9.17) is 4.74 Å². The number of methoxy groups -OCH3 is 1. The number of hydrogen-bond donors (Lipinski definition) is 2. The Morgan fingerprint density at radius 1 is 1.37 bits per heavy atom. The van der Waals surface area contributed by atoms with Gasteiger partial charge in [0, 0.05) is 13.1 Å². The van der Waals surface area contributed by atoms with E-state index < -0.39 is 6.10 Å². The van der Waals surface area contributed by atoms with Gasteiger partial charge in [0.25, 0.3) is 0 Å². The van der Waals surface area contributed by atoms with Crippen LogP contribution < -0.4 is 10.1 Å². The molecule has 1 unspecified atom stereocenters. The van der Waals surface area contributed by atoms with Crippen LogP contribution in [-0.4, -0.2) is 18.8 Å². The Labute approximate surface area is 117 Å². The number of benzene rings is 1. The highest BCUT2D eigenvalue weighted by Crippen LogP contribution is 2.19.